The third-order valence-electron chi connectivity index (χ3n) is 3.43. The Hall–Kier alpha value is -1.88. The molecule has 1 aliphatic heterocycles. The topological polar surface area (TPSA) is 77.8 Å². The van der Waals surface area contributed by atoms with Gasteiger partial charge in [0, 0.05) is 13.1 Å². The number of nitrogens with zero attached hydrogens (tertiary/aromatic N) is 1. The smallest absolute Gasteiger partial charge is 0.308 e. The van der Waals surface area contributed by atoms with E-state index in [4.69, 9.17) is 5.11 Å². The molecule has 2 rings (SSSR count). The molecular weight excluding hydrogens is 246 g/mol. The molecule has 1 amide bonds. The fourth-order valence-electron chi connectivity index (χ4n) is 2.33. The Morgan fingerprint density at radius 3 is 2.58 bits per heavy atom. The van der Waals surface area contributed by atoms with Crippen LogP contribution in [0.1, 0.15) is 24.5 Å². The van der Waals surface area contributed by atoms with Crippen molar-refractivity contribution in [3.63, 3.8) is 0 Å². The molecule has 0 bridgehead atoms. The number of hydrogen-bond acceptors (Lipinski definition) is 3. The number of aliphatic carboxylic acids is 1. The normalized spacial score (nSPS) is 20.9. The van der Waals surface area contributed by atoms with Crippen molar-refractivity contribution in [3.05, 3.63) is 35.9 Å². The van der Waals surface area contributed by atoms with E-state index in [1.165, 1.54) is 4.90 Å². The fourth-order valence-corrected chi connectivity index (χ4v) is 2.33. The van der Waals surface area contributed by atoms with Crippen LogP contribution in [-0.4, -0.2) is 40.1 Å². The van der Waals surface area contributed by atoms with Crippen LogP contribution in [0.15, 0.2) is 30.3 Å². The van der Waals surface area contributed by atoms with Crippen molar-refractivity contribution in [1.29, 1.82) is 0 Å². The van der Waals surface area contributed by atoms with Crippen molar-refractivity contribution in [1.82, 2.24) is 4.90 Å². The number of carboxylic acids is 1. The van der Waals surface area contributed by atoms with E-state index in [0.717, 1.165) is 0 Å². The maximum Gasteiger partial charge on any atom is 0.308 e. The maximum atomic E-state index is 12.1. The van der Waals surface area contributed by atoms with Crippen LogP contribution in [0.25, 0.3) is 0 Å². The highest BCUT2D eigenvalue weighted by atomic mass is 16.4. The van der Waals surface area contributed by atoms with Gasteiger partial charge in [0.15, 0.2) is 6.10 Å². The zero-order valence-corrected chi connectivity index (χ0v) is 10.5. The first kappa shape index (κ1) is 13.5. The van der Waals surface area contributed by atoms with E-state index in [1.807, 2.05) is 6.07 Å². The summed E-state index contributed by atoms with van der Waals surface area (Å²) in [6.45, 7) is 0.685. The van der Waals surface area contributed by atoms with Gasteiger partial charge in [-0.05, 0) is 18.4 Å². The number of carbonyl (C=O) groups excluding carboxylic acids is 1. The van der Waals surface area contributed by atoms with Crippen LogP contribution < -0.4 is 0 Å². The van der Waals surface area contributed by atoms with Crippen LogP contribution in [0.3, 0.4) is 0 Å². The molecule has 1 fully saturated rings. The summed E-state index contributed by atoms with van der Waals surface area (Å²) in [5.41, 5.74) is 0.532. The summed E-state index contributed by atoms with van der Waals surface area (Å²) in [6, 6.07) is 8.68. The van der Waals surface area contributed by atoms with E-state index >= 15 is 0 Å². The molecule has 0 saturated carbocycles. The van der Waals surface area contributed by atoms with Gasteiger partial charge < -0.3 is 15.1 Å². The molecule has 1 heterocycles. The molecule has 1 aliphatic rings. The lowest BCUT2D eigenvalue weighted by atomic mass is 9.97. The Labute approximate surface area is 111 Å². The van der Waals surface area contributed by atoms with Gasteiger partial charge in [-0.1, -0.05) is 30.3 Å². The number of carbonyl (C=O) groups is 2. The minimum atomic E-state index is -1.21. The van der Waals surface area contributed by atoms with Crippen LogP contribution >= 0.6 is 0 Å². The van der Waals surface area contributed by atoms with Gasteiger partial charge in [-0.25, -0.2) is 0 Å². The third-order valence-corrected chi connectivity index (χ3v) is 3.43. The van der Waals surface area contributed by atoms with Gasteiger partial charge in [0.2, 0.25) is 0 Å². The molecular formula is C14H17NO4. The van der Waals surface area contributed by atoms with E-state index in [0.29, 0.717) is 24.9 Å². The molecule has 0 aromatic heterocycles. The fraction of sp³-hybridized carbons (Fsp3) is 0.429. The third kappa shape index (κ3) is 3.12. The molecule has 0 radical (unpaired) electrons. The van der Waals surface area contributed by atoms with Crippen LogP contribution in [0.5, 0.6) is 0 Å². The van der Waals surface area contributed by atoms with Crippen LogP contribution in [0, 0.1) is 5.92 Å². The molecule has 19 heavy (non-hydrogen) atoms. The van der Waals surface area contributed by atoms with Gasteiger partial charge in [-0.3, -0.25) is 9.59 Å². The number of aliphatic hydroxyl groups excluding tert-OH is 1. The number of amides is 1. The summed E-state index contributed by atoms with van der Waals surface area (Å²) in [4.78, 5) is 24.6. The predicted octanol–water partition coefficient (Wildman–Crippen LogP) is 1.04. The zero-order valence-electron chi connectivity index (χ0n) is 10.5. The second-order valence-corrected chi connectivity index (χ2v) is 4.77. The predicted molar refractivity (Wildman–Crippen MR) is 68.3 cm³/mol. The summed E-state index contributed by atoms with van der Waals surface area (Å²) in [5, 5.41) is 19.0. The molecule has 5 heteroatoms. The molecule has 1 aromatic carbocycles. The molecule has 1 saturated heterocycles. The quantitative estimate of drug-likeness (QED) is 0.854. The summed E-state index contributed by atoms with van der Waals surface area (Å²) in [5.74, 6) is -1.83. The van der Waals surface area contributed by atoms with E-state index in [1.54, 1.807) is 24.3 Å². The lowest BCUT2D eigenvalue weighted by Gasteiger charge is -2.32. The Kier molecular flexibility index (Phi) is 4.16. The lowest BCUT2D eigenvalue weighted by molar-refractivity contribution is -0.148. The van der Waals surface area contributed by atoms with Gasteiger partial charge in [-0.2, -0.15) is 0 Å². The van der Waals surface area contributed by atoms with Crippen LogP contribution in [0.2, 0.25) is 0 Å². The van der Waals surface area contributed by atoms with Crippen molar-refractivity contribution < 1.29 is 19.8 Å². The van der Waals surface area contributed by atoms with Crippen molar-refractivity contribution in [3.8, 4) is 0 Å². The highest BCUT2D eigenvalue weighted by Crippen LogP contribution is 2.21. The molecule has 5 nitrogen and oxygen atoms in total. The average Bonchev–Trinajstić information content (AvgIpc) is 2.46. The molecule has 102 valence electrons. The Balaban J connectivity index is 2.05. The van der Waals surface area contributed by atoms with Gasteiger partial charge in [0.25, 0.3) is 5.91 Å². The number of carboxylic acid groups (broad SMARTS) is 1. The summed E-state index contributed by atoms with van der Waals surface area (Å²) in [7, 11) is 0. The first-order valence-corrected chi connectivity index (χ1v) is 6.34. The van der Waals surface area contributed by atoms with Gasteiger partial charge in [0.1, 0.15) is 0 Å². The summed E-state index contributed by atoms with van der Waals surface area (Å²) >= 11 is 0. The second kappa shape index (κ2) is 5.84. The SMILES string of the molecule is O=C(O)[C@H]1CCCN(C(=O)C(O)c2ccccc2)C1. The average molecular weight is 263 g/mol. The largest absolute Gasteiger partial charge is 0.481 e. The van der Waals surface area contributed by atoms with Crippen molar-refractivity contribution in [2.24, 2.45) is 5.92 Å². The molecule has 2 N–H and O–H groups in total. The first-order chi connectivity index (χ1) is 9.09. The maximum absolute atomic E-state index is 12.1. The van der Waals surface area contributed by atoms with Crippen molar-refractivity contribution >= 4 is 11.9 Å². The zero-order chi connectivity index (χ0) is 13.8. The highest BCUT2D eigenvalue weighted by Gasteiger charge is 2.31. The molecule has 0 spiro atoms. The summed E-state index contributed by atoms with van der Waals surface area (Å²) in [6.07, 6.45) is 0.0267. The summed E-state index contributed by atoms with van der Waals surface area (Å²) < 4.78 is 0. The molecule has 0 aliphatic carbocycles. The van der Waals surface area contributed by atoms with Crippen LogP contribution in [-0.2, 0) is 9.59 Å². The second-order valence-electron chi connectivity index (χ2n) is 4.77. The van der Waals surface area contributed by atoms with Gasteiger partial charge in [0.05, 0.1) is 5.92 Å². The highest BCUT2D eigenvalue weighted by molar-refractivity contribution is 5.83. The van der Waals surface area contributed by atoms with E-state index in [2.05, 4.69) is 0 Å². The number of rotatable bonds is 3. The number of piperidine rings is 1. The number of likely N-dealkylation sites (tertiary alicyclic amines) is 1. The number of benzene rings is 1. The van der Waals surface area contributed by atoms with Gasteiger partial charge in [-0.15, -0.1) is 0 Å². The Morgan fingerprint density at radius 2 is 1.95 bits per heavy atom. The standard InChI is InChI=1S/C14H17NO4/c16-12(10-5-2-1-3-6-10)13(17)15-8-4-7-11(9-15)14(18)19/h1-3,5-6,11-12,16H,4,7-9H2,(H,18,19)/t11-,12?/m0/s1. The first-order valence-electron chi connectivity index (χ1n) is 6.34. The lowest BCUT2D eigenvalue weighted by Crippen LogP contribution is -2.44. The van der Waals surface area contributed by atoms with Crippen molar-refractivity contribution in [2.75, 3.05) is 13.1 Å². The Bertz CT molecular complexity index is 460. The van der Waals surface area contributed by atoms with Gasteiger partial charge >= 0.3 is 5.97 Å². The number of aliphatic hydroxyl groups is 1. The molecule has 1 aromatic rings. The van der Waals surface area contributed by atoms with Crippen LogP contribution in [0.4, 0.5) is 0 Å². The Morgan fingerprint density at radius 1 is 1.26 bits per heavy atom. The minimum absolute atomic E-state index is 0.179. The molecule has 2 atom stereocenters. The number of hydrogen-bond donors (Lipinski definition) is 2. The monoisotopic (exact) mass is 263 g/mol. The van der Waals surface area contributed by atoms with E-state index in [9.17, 15) is 14.7 Å². The van der Waals surface area contributed by atoms with E-state index < -0.39 is 23.9 Å². The van der Waals surface area contributed by atoms with Crippen molar-refractivity contribution in [2.45, 2.75) is 18.9 Å². The minimum Gasteiger partial charge on any atom is -0.481 e. The van der Waals surface area contributed by atoms with E-state index in [-0.39, 0.29) is 6.54 Å². The molecule has 1 unspecified atom stereocenters.